The first-order chi connectivity index (χ1) is 14.1. The predicted octanol–water partition coefficient (Wildman–Crippen LogP) is 4.56. The minimum atomic E-state index is -0.641. The van der Waals surface area contributed by atoms with Crippen LogP contribution in [0.3, 0.4) is 0 Å². The number of fused-ring (bicyclic) bond motifs is 1. The second-order valence-electron chi connectivity index (χ2n) is 7.78. The predicted molar refractivity (Wildman–Crippen MR) is 117 cm³/mol. The Kier molecular flexibility index (Phi) is 5.62. The molecule has 0 unspecified atom stereocenters. The maximum Gasteiger partial charge on any atom is 0.313 e. The molecule has 1 saturated carbocycles. The van der Waals surface area contributed by atoms with Crippen LogP contribution in [0, 0.1) is 6.92 Å². The number of hydrogen-bond acceptors (Lipinski definition) is 4. The van der Waals surface area contributed by atoms with Gasteiger partial charge >= 0.3 is 11.8 Å². The molecule has 1 aromatic carbocycles. The minimum Gasteiger partial charge on any atom is -0.347 e. The van der Waals surface area contributed by atoms with Gasteiger partial charge in [-0.2, -0.15) is 0 Å². The van der Waals surface area contributed by atoms with Crippen LogP contribution in [0.4, 0.5) is 5.69 Å². The molecule has 2 heterocycles. The van der Waals surface area contributed by atoms with Gasteiger partial charge in [0, 0.05) is 27.9 Å². The van der Waals surface area contributed by atoms with Crippen molar-refractivity contribution in [3.63, 3.8) is 0 Å². The minimum absolute atomic E-state index is 0.0533. The third kappa shape index (κ3) is 4.17. The summed E-state index contributed by atoms with van der Waals surface area (Å²) in [6, 6.07) is 13.6. The molecule has 0 bridgehead atoms. The summed E-state index contributed by atoms with van der Waals surface area (Å²) >= 11 is 1.74. The summed E-state index contributed by atoms with van der Waals surface area (Å²) < 4.78 is 0. The lowest BCUT2D eigenvalue weighted by molar-refractivity contribution is -0.136. The maximum absolute atomic E-state index is 12.6. The molecular formula is C23H25N3O2S. The Morgan fingerprint density at radius 2 is 1.86 bits per heavy atom. The fourth-order valence-corrected chi connectivity index (χ4v) is 5.23. The molecule has 0 atom stereocenters. The van der Waals surface area contributed by atoms with Gasteiger partial charge < -0.3 is 10.6 Å². The van der Waals surface area contributed by atoms with Crippen LogP contribution in [0.2, 0.25) is 0 Å². The number of carbonyl (C=O) groups is 2. The van der Waals surface area contributed by atoms with Gasteiger partial charge in [-0.25, -0.2) is 0 Å². The Balaban J connectivity index is 1.47. The van der Waals surface area contributed by atoms with Crippen LogP contribution in [0.5, 0.6) is 0 Å². The van der Waals surface area contributed by atoms with E-state index in [1.54, 1.807) is 17.4 Å². The molecule has 29 heavy (non-hydrogen) atoms. The number of para-hydroxylation sites is 1. The van der Waals surface area contributed by atoms with Gasteiger partial charge in [0.15, 0.2) is 0 Å². The summed E-state index contributed by atoms with van der Waals surface area (Å²) in [4.78, 5) is 31.0. The molecule has 0 radical (unpaired) electrons. The first-order valence-corrected chi connectivity index (χ1v) is 10.9. The number of pyridine rings is 1. The summed E-state index contributed by atoms with van der Waals surface area (Å²) in [5.74, 6) is -1.23. The Morgan fingerprint density at radius 1 is 1.07 bits per heavy atom. The van der Waals surface area contributed by atoms with E-state index in [-0.39, 0.29) is 5.41 Å². The molecule has 2 aromatic heterocycles. The summed E-state index contributed by atoms with van der Waals surface area (Å²) in [7, 11) is 0. The Bertz CT molecular complexity index is 1020. The van der Waals surface area contributed by atoms with Gasteiger partial charge in [-0.1, -0.05) is 43.5 Å². The highest BCUT2D eigenvalue weighted by molar-refractivity contribution is 7.10. The molecule has 0 aliphatic heterocycles. The molecule has 1 aliphatic rings. The molecule has 4 rings (SSSR count). The zero-order valence-corrected chi connectivity index (χ0v) is 17.3. The van der Waals surface area contributed by atoms with Gasteiger partial charge in [-0.05, 0) is 43.3 Å². The number of amides is 2. The summed E-state index contributed by atoms with van der Waals surface area (Å²) in [5.41, 5.74) is 2.14. The molecule has 0 saturated heterocycles. The Morgan fingerprint density at radius 3 is 2.62 bits per heavy atom. The number of nitrogens with zero attached hydrogens (tertiary/aromatic N) is 1. The fourth-order valence-electron chi connectivity index (χ4n) is 4.24. The number of benzene rings is 1. The van der Waals surface area contributed by atoms with Gasteiger partial charge in [-0.15, -0.1) is 11.3 Å². The van der Waals surface area contributed by atoms with Crippen LogP contribution in [0.15, 0.2) is 47.8 Å². The Labute approximate surface area is 174 Å². The van der Waals surface area contributed by atoms with Crippen molar-refractivity contribution in [2.45, 2.75) is 44.4 Å². The molecule has 2 amide bonds. The number of nitrogens with one attached hydrogen (secondary N) is 2. The van der Waals surface area contributed by atoms with Crippen molar-refractivity contribution in [2.24, 2.45) is 0 Å². The van der Waals surface area contributed by atoms with Crippen molar-refractivity contribution in [3.05, 3.63) is 58.4 Å². The van der Waals surface area contributed by atoms with Gasteiger partial charge in [0.25, 0.3) is 0 Å². The molecule has 150 valence electrons. The van der Waals surface area contributed by atoms with E-state index in [1.807, 2.05) is 31.2 Å². The highest BCUT2D eigenvalue weighted by atomic mass is 32.1. The number of aryl methyl sites for hydroxylation is 1. The lowest BCUT2D eigenvalue weighted by Crippen LogP contribution is -2.45. The van der Waals surface area contributed by atoms with Crippen molar-refractivity contribution in [2.75, 3.05) is 11.9 Å². The smallest absolute Gasteiger partial charge is 0.313 e. The number of anilines is 1. The largest absolute Gasteiger partial charge is 0.347 e. The number of carbonyl (C=O) groups excluding carboxylic acids is 2. The average Bonchev–Trinajstić information content (AvgIpc) is 3.28. The van der Waals surface area contributed by atoms with Crippen molar-refractivity contribution in [3.8, 4) is 0 Å². The monoisotopic (exact) mass is 407 g/mol. The molecule has 1 aliphatic carbocycles. The summed E-state index contributed by atoms with van der Waals surface area (Å²) in [6.45, 7) is 2.37. The highest BCUT2D eigenvalue weighted by Crippen LogP contribution is 2.41. The summed E-state index contributed by atoms with van der Waals surface area (Å²) in [6.07, 6.45) is 5.63. The van der Waals surface area contributed by atoms with Crippen LogP contribution < -0.4 is 10.6 Å². The van der Waals surface area contributed by atoms with Crippen molar-refractivity contribution in [1.82, 2.24) is 10.3 Å². The standard InChI is InChI=1S/C23H25N3O2S/c1-16-14-19(17-8-3-4-9-18(17)25-16)26-22(28)21(27)24-15-23(11-5-2-6-12-23)20-10-7-13-29-20/h3-4,7-10,13-14H,2,5-6,11-12,15H2,1H3,(H,24,27)(H,25,26,28). The van der Waals surface area contributed by atoms with E-state index in [9.17, 15) is 9.59 Å². The zero-order chi connectivity index (χ0) is 20.3. The molecule has 1 fully saturated rings. The zero-order valence-electron chi connectivity index (χ0n) is 16.5. The van der Waals surface area contributed by atoms with E-state index in [2.05, 4.69) is 33.1 Å². The van der Waals surface area contributed by atoms with Crippen molar-refractivity contribution in [1.29, 1.82) is 0 Å². The highest BCUT2D eigenvalue weighted by Gasteiger charge is 2.35. The van der Waals surface area contributed by atoms with Crippen LogP contribution in [-0.4, -0.2) is 23.3 Å². The number of aromatic nitrogens is 1. The lowest BCUT2D eigenvalue weighted by Gasteiger charge is -2.36. The van der Waals surface area contributed by atoms with E-state index in [1.165, 1.54) is 11.3 Å². The quantitative estimate of drug-likeness (QED) is 0.623. The van der Waals surface area contributed by atoms with Crippen molar-refractivity contribution < 1.29 is 9.59 Å². The van der Waals surface area contributed by atoms with Gasteiger partial charge in [0.2, 0.25) is 0 Å². The first-order valence-electron chi connectivity index (χ1n) is 10.1. The number of rotatable bonds is 4. The SMILES string of the molecule is Cc1cc(NC(=O)C(=O)NCC2(c3cccs3)CCCCC2)c2ccccc2n1. The molecule has 0 spiro atoms. The average molecular weight is 408 g/mol. The van der Waals surface area contributed by atoms with Gasteiger partial charge in [-0.3, -0.25) is 14.6 Å². The molecule has 5 nitrogen and oxygen atoms in total. The third-order valence-corrected chi connectivity index (χ3v) is 6.86. The number of thiophene rings is 1. The normalized spacial score (nSPS) is 15.8. The summed E-state index contributed by atoms with van der Waals surface area (Å²) in [5, 5.41) is 8.58. The van der Waals surface area contributed by atoms with Crippen LogP contribution in [-0.2, 0) is 15.0 Å². The molecule has 2 N–H and O–H groups in total. The molecule has 3 aromatic rings. The van der Waals surface area contributed by atoms with E-state index >= 15 is 0 Å². The molecule has 6 heteroatoms. The van der Waals surface area contributed by atoms with Crippen LogP contribution in [0.1, 0.15) is 42.7 Å². The second-order valence-corrected chi connectivity index (χ2v) is 8.73. The van der Waals surface area contributed by atoms with Crippen molar-refractivity contribution >= 4 is 39.7 Å². The number of hydrogen-bond donors (Lipinski definition) is 2. The van der Waals surface area contributed by atoms with Crippen LogP contribution in [0.25, 0.3) is 10.9 Å². The van der Waals surface area contributed by atoms with Gasteiger partial charge in [0.1, 0.15) is 0 Å². The molecular weight excluding hydrogens is 382 g/mol. The van der Waals surface area contributed by atoms with E-state index in [0.29, 0.717) is 12.2 Å². The van der Waals surface area contributed by atoms with Gasteiger partial charge in [0.05, 0.1) is 11.2 Å². The Hall–Kier alpha value is -2.73. The fraction of sp³-hybridized carbons (Fsp3) is 0.348. The first kappa shape index (κ1) is 19.6. The van der Waals surface area contributed by atoms with E-state index < -0.39 is 11.8 Å². The van der Waals surface area contributed by atoms with E-state index in [4.69, 9.17) is 0 Å². The van der Waals surface area contributed by atoms with E-state index in [0.717, 1.165) is 42.3 Å². The lowest BCUT2D eigenvalue weighted by atomic mass is 9.73. The third-order valence-electron chi connectivity index (χ3n) is 5.74. The topological polar surface area (TPSA) is 71.1 Å². The second kappa shape index (κ2) is 8.33. The van der Waals surface area contributed by atoms with Crippen LogP contribution >= 0.6 is 11.3 Å². The maximum atomic E-state index is 12.6.